The molecule has 2 N–H and O–H groups in total. The first-order valence-corrected chi connectivity index (χ1v) is 7.92. The van der Waals surface area contributed by atoms with Gasteiger partial charge in [0.2, 0.25) is 10.0 Å². The van der Waals surface area contributed by atoms with Crippen molar-refractivity contribution in [3.05, 3.63) is 23.8 Å². The molecule has 5 heteroatoms. The third-order valence-corrected chi connectivity index (χ3v) is 4.58. The van der Waals surface area contributed by atoms with Crippen molar-refractivity contribution in [2.75, 3.05) is 18.4 Å². The fourth-order valence-corrected chi connectivity index (χ4v) is 3.19. The molecule has 0 saturated carbocycles. The Morgan fingerprint density at radius 1 is 1.42 bits per heavy atom. The monoisotopic (exact) mass is 278 g/mol. The summed E-state index contributed by atoms with van der Waals surface area (Å²) in [6, 6.07) is 5.25. The molecule has 0 saturated heterocycles. The van der Waals surface area contributed by atoms with Gasteiger partial charge in [-0.05, 0) is 37.0 Å². The van der Waals surface area contributed by atoms with Crippen LogP contribution in [0.25, 0.3) is 0 Å². The van der Waals surface area contributed by atoms with Gasteiger partial charge in [-0.25, -0.2) is 13.1 Å². The highest BCUT2D eigenvalue weighted by Crippen LogP contribution is 2.24. The number of hydrogen-bond acceptors (Lipinski definition) is 3. The summed E-state index contributed by atoms with van der Waals surface area (Å²) >= 11 is 0. The third kappa shape index (κ3) is 3.49. The maximum Gasteiger partial charge on any atom is 0.240 e. The summed E-state index contributed by atoms with van der Waals surface area (Å²) in [5.74, 6) is 2.49. The lowest BCUT2D eigenvalue weighted by Gasteiger charge is -2.18. The molecule has 0 unspecified atom stereocenters. The standard InChI is InChI=1S/C14H18N2O2S/c1-2-3-4-10-16-19(17,18)13-8-7-12-6-5-9-15-14(12)11-13/h1,7-8,11,15-16H,3-6,9-10H2. The molecule has 4 nitrogen and oxygen atoms in total. The van der Waals surface area contributed by atoms with Crippen molar-refractivity contribution >= 4 is 15.7 Å². The van der Waals surface area contributed by atoms with Crippen LogP contribution in [-0.4, -0.2) is 21.5 Å². The molecule has 0 aliphatic carbocycles. The van der Waals surface area contributed by atoms with Gasteiger partial charge in [-0.15, -0.1) is 12.3 Å². The van der Waals surface area contributed by atoms with Crippen LogP contribution in [0.3, 0.4) is 0 Å². The van der Waals surface area contributed by atoms with E-state index in [-0.39, 0.29) is 0 Å². The second-order valence-corrected chi connectivity index (χ2v) is 6.32. The topological polar surface area (TPSA) is 58.2 Å². The number of unbranched alkanes of at least 4 members (excludes halogenated alkanes) is 1. The number of aryl methyl sites for hydroxylation is 1. The summed E-state index contributed by atoms with van der Waals surface area (Å²) in [4.78, 5) is 0.307. The Bertz CT molecular complexity index is 588. The predicted octanol–water partition coefficient (Wildman–Crippen LogP) is 1.74. The second-order valence-electron chi connectivity index (χ2n) is 4.55. The summed E-state index contributed by atoms with van der Waals surface area (Å²) in [7, 11) is -3.43. The van der Waals surface area contributed by atoms with E-state index in [2.05, 4.69) is 16.0 Å². The number of fused-ring (bicyclic) bond motifs is 1. The van der Waals surface area contributed by atoms with Crippen LogP contribution in [0.1, 0.15) is 24.8 Å². The fraction of sp³-hybridized carbons (Fsp3) is 0.429. The van der Waals surface area contributed by atoms with E-state index in [0.717, 1.165) is 25.1 Å². The lowest BCUT2D eigenvalue weighted by Crippen LogP contribution is -2.25. The van der Waals surface area contributed by atoms with Crippen LogP contribution in [0, 0.1) is 12.3 Å². The van der Waals surface area contributed by atoms with Gasteiger partial charge in [0.25, 0.3) is 0 Å². The normalized spacial score (nSPS) is 14.3. The van der Waals surface area contributed by atoms with Crippen molar-refractivity contribution in [3.8, 4) is 12.3 Å². The summed E-state index contributed by atoms with van der Waals surface area (Å²) in [6.45, 7) is 1.27. The molecule has 2 rings (SSSR count). The lowest BCUT2D eigenvalue weighted by molar-refractivity contribution is 0.579. The molecule has 1 aliphatic heterocycles. The van der Waals surface area contributed by atoms with Crippen LogP contribution in [0.5, 0.6) is 0 Å². The zero-order valence-corrected chi connectivity index (χ0v) is 11.6. The van der Waals surface area contributed by atoms with E-state index in [1.807, 2.05) is 6.07 Å². The van der Waals surface area contributed by atoms with Gasteiger partial charge in [0.15, 0.2) is 0 Å². The predicted molar refractivity (Wildman–Crippen MR) is 76.5 cm³/mol. The smallest absolute Gasteiger partial charge is 0.240 e. The number of terminal acetylenes is 1. The molecule has 0 radical (unpaired) electrons. The van der Waals surface area contributed by atoms with E-state index in [0.29, 0.717) is 24.3 Å². The molecule has 0 aromatic heterocycles. The molecule has 0 bridgehead atoms. The van der Waals surface area contributed by atoms with Crippen molar-refractivity contribution < 1.29 is 8.42 Å². The Hall–Kier alpha value is -1.51. The van der Waals surface area contributed by atoms with Gasteiger partial charge < -0.3 is 5.32 Å². The van der Waals surface area contributed by atoms with E-state index in [4.69, 9.17) is 6.42 Å². The number of anilines is 1. The molecule has 0 amide bonds. The Kier molecular flexibility index (Phi) is 4.46. The SMILES string of the molecule is C#CCCCNS(=O)(=O)c1ccc2c(c1)NCCC2. The van der Waals surface area contributed by atoms with Crippen LogP contribution in [0.15, 0.2) is 23.1 Å². The Balaban J connectivity index is 2.10. The van der Waals surface area contributed by atoms with E-state index < -0.39 is 10.0 Å². The molecular weight excluding hydrogens is 260 g/mol. The van der Waals surface area contributed by atoms with E-state index in [1.54, 1.807) is 12.1 Å². The first-order chi connectivity index (χ1) is 9.13. The quantitative estimate of drug-likeness (QED) is 0.637. The molecule has 0 atom stereocenters. The number of sulfonamides is 1. The fourth-order valence-electron chi connectivity index (χ4n) is 2.09. The number of nitrogens with one attached hydrogen (secondary N) is 2. The first kappa shape index (κ1) is 13.9. The zero-order valence-electron chi connectivity index (χ0n) is 10.8. The zero-order chi connectivity index (χ0) is 13.7. The van der Waals surface area contributed by atoms with Crippen LogP contribution in [0.4, 0.5) is 5.69 Å². The highest BCUT2D eigenvalue weighted by atomic mass is 32.2. The highest BCUT2D eigenvalue weighted by molar-refractivity contribution is 7.89. The Morgan fingerprint density at radius 3 is 3.05 bits per heavy atom. The van der Waals surface area contributed by atoms with Crippen LogP contribution >= 0.6 is 0 Å². The van der Waals surface area contributed by atoms with Crippen LogP contribution < -0.4 is 10.0 Å². The van der Waals surface area contributed by atoms with Gasteiger partial charge in [-0.2, -0.15) is 0 Å². The average Bonchev–Trinajstić information content (AvgIpc) is 2.43. The van der Waals surface area contributed by atoms with Crippen molar-refractivity contribution in [1.82, 2.24) is 4.72 Å². The minimum atomic E-state index is -3.43. The second kappa shape index (κ2) is 6.09. The highest BCUT2D eigenvalue weighted by Gasteiger charge is 2.16. The molecular formula is C14H18N2O2S. The van der Waals surface area contributed by atoms with E-state index >= 15 is 0 Å². The molecule has 1 heterocycles. The molecule has 102 valence electrons. The maximum absolute atomic E-state index is 12.1. The van der Waals surface area contributed by atoms with Gasteiger partial charge in [0.05, 0.1) is 4.90 Å². The average molecular weight is 278 g/mol. The number of rotatable bonds is 5. The minimum Gasteiger partial charge on any atom is -0.385 e. The van der Waals surface area contributed by atoms with Gasteiger partial charge in [-0.1, -0.05) is 6.07 Å². The van der Waals surface area contributed by atoms with Gasteiger partial charge in [0, 0.05) is 25.2 Å². The van der Waals surface area contributed by atoms with Crippen molar-refractivity contribution in [3.63, 3.8) is 0 Å². The number of benzene rings is 1. The van der Waals surface area contributed by atoms with E-state index in [9.17, 15) is 8.42 Å². The molecule has 1 aromatic carbocycles. The van der Waals surface area contributed by atoms with Gasteiger partial charge in [0.1, 0.15) is 0 Å². The Labute approximate surface area is 114 Å². The largest absolute Gasteiger partial charge is 0.385 e. The van der Waals surface area contributed by atoms with Crippen LogP contribution in [-0.2, 0) is 16.4 Å². The number of hydrogen-bond donors (Lipinski definition) is 2. The van der Waals surface area contributed by atoms with Gasteiger partial charge >= 0.3 is 0 Å². The third-order valence-electron chi connectivity index (χ3n) is 3.12. The van der Waals surface area contributed by atoms with Crippen molar-refractivity contribution in [2.24, 2.45) is 0 Å². The minimum absolute atomic E-state index is 0.307. The molecule has 1 aliphatic rings. The first-order valence-electron chi connectivity index (χ1n) is 6.43. The lowest BCUT2D eigenvalue weighted by atomic mass is 10.0. The Morgan fingerprint density at radius 2 is 2.26 bits per heavy atom. The molecule has 19 heavy (non-hydrogen) atoms. The summed E-state index contributed by atoms with van der Waals surface area (Å²) in [5.41, 5.74) is 2.11. The van der Waals surface area contributed by atoms with Crippen molar-refractivity contribution in [2.45, 2.75) is 30.6 Å². The maximum atomic E-state index is 12.1. The van der Waals surface area contributed by atoms with Gasteiger partial charge in [-0.3, -0.25) is 0 Å². The molecule has 0 spiro atoms. The molecule has 0 fully saturated rings. The van der Waals surface area contributed by atoms with E-state index in [1.165, 1.54) is 5.56 Å². The summed E-state index contributed by atoms with van der Waals surface area (Å²) < 4.78 is 26.7. The summed E-state index contributed by atoms with van der Waals surface area (Å²) in [5, 5.41) is 3.23. The van der Waals surface area contributed by atoms with Crippen molar-refractivity contribution in [1.29, 1.82) is 0 Å². The van der Waals surface area contributed by atoms with Crippen LogP contribution in [0.2, 0.25) is 0 Å². The molecule has 1 aromatic rings. The summed E-state index contributed by atoms with van der Waals surface area (Å²) in [6.07, 6.45) is 8.44.